The number of carbonyl (C=O) groups is 1. The first-order chi connectivity index (χ1) is 14.3. The highest BCUT2D eigenvalue weighted by Gasteiger charge is 2.17. The molecule has 30 heavy (non-hydrogen) atoms. The molecule has 1 aromatic rings. The van der Waals surface area contributed by atoms with Gasteiger partial charge in [-0.2, -0.15) is 8.42 Å². The lowest BCUT2D eigenvalue weighted by molar-refractivity contribution is -0.122. The number of carbonyl (C=O) groups excluding carboxylic acids is 1. The number of unbranched alkanes of at least 4 members (excludes halogenated alkanes) is 7. The second kappa shape index (κ2) is 14.4. The van der Waals surface area contributed by atoms with E-state index in [9.17, 15) is 18.3 Å². The number of phenolic OH excluding ortho intramolecular Hbond substituents is 1. The Labute approximate surface area is 182 Å². The van der Waals surface area contributed by atoms with Gasteiger partial charge in [0.05, 0.1) is 0 Å². The van der Waals surface area contributed by atoms with E-state index >= 15 is 0 Å². The molecule has 3 N–H and O–H groups in total. The summed E-state index contributed by atoms with van der Waals surface area (Å²) in [6.07, 6.45) is 12.6. The quantitative estimate of drug-likeness (QED) is 0.236. The topological polar surface area (TPSA) is 104 Å². The number of hydrogen-bond donors (Lipinski definition) is 3. The van der Waals surface area contributed by atoms with Crippen molar-refractivity contribution in [2.75, 3.05) is 0 Å². The molecule has 0 radical (unpaired) electrons. The minimum Gasteiger partial charge on any atom is -0.506 e. The van der Waals surface area contributed by atoms with Crippen LogP contribution >= 0.6 is 0 Å². The summed E-state index contributed by atoms with van der Waals surface area (Å²) in [5.41, 5.74) is 0.534. The predicted molar refractivity (Wildman–Crippen MR) is 120 cm³/mol. The first-order valence-electron chi connectivity index (χ1n) is 11.4. The molecule has 0 saturated carbocycles. The Morgan fingerprint density at radius 1 is 1.00 bits per heavy atom. The van der Waals surface area contributed by atoms with Gasteiger partial charge in [0.2, 0.25) is 5.91 Å². The Morgan fingerprint density at radius 2 is 1.67 bits per heavy atom. The molecular formula is C23H39NO5S. The molecule has 1 amide bonds. The lowest BCUT2D eigenvalue weighted by Crippen LogP contribution is -2.34. The largest absolute Gasteiger partial charge is 0.506 e. The van der Waals surface area contributed by atoms with Crippen LogP contribution in [0.1, 0.15) is 96.5 Å². The third-order valence-electron chi connectivity index (χ3n) is 5.47. The van der Waals surface area contributed by atoms with Crippen molar-refractivity contribution in [2.45, 2.75) is 108 Å². The van der Waals surface area contributed by atoms with Gasteiger partial charge in [0, 0.05) is 12.5 Å². The van der Waals surface area contributed by atoms with Gasteiger partial charge >= 0.3 is 0 Å². The zero-order valence-corrected chi connectivity index (χ0v) is 19.3. The van der Waals surface area contributed by atoms with E-state index in [2.05, 4.69) is 19.2 Å². The van der Waals surface area contributed by atoms with E-state index in [1.54, 1.807) is 6.07 Å². The molecule has 1 aromatic carbocycles. The molecule has 0 aliphatic carbocycles. The van der Waals surface area contributed by atoms with E-state index in [0.717, 1.165) is 51.4 Å². The van der Waals surface area contributed by atoms with Crippen LogP contribution in [0.2, 0.25) is 0 Å². The highest BCUT2D eigenvalue weighted by atomic mass is 32.2. The Morgan fingerprint density at radius 3 is 2.30 bits per heavy atom. The van der Waals surface area contributed by atoms with E-state index in [1.807, 2.05) is 0 Å². The first kappa shape index (κ1) is 26.4. The van der Waals surface area contributed by atoms with Crippen molar-refractivity contribution in [3.05, 3.63) is 23.8 Å². The van der Waals surface area contributed by atoms with E-state index in [1.165, 1.54) is 31.4 Å². The molecule has 0 aromatic heterocycles. The zero-order chi connectivity index (χ0) is 22.4. The van der Waals surface area contributed by atoms with E-state index in [-0.39, 0.29) is 11.7 Å². The summed E-state index contributed by atoms with van der Waals surface area (Å²) in [6, 6.07) is 4.70. The van der Waals surface area contributed by atoms with Crippen LogP contribution in [0.4, 0.5) is 0 Å². The van der Waals surface area contributed by atoms with Crippen molar-refractivity contribution in [1.82, 2.24) is 5.32 Å². The maximum atomic E-state index is 12.1. The number of nitrogens with one attached hydrogen (secondary N) is 1. The van der Waals surface area contributed by atoms with Gasteiger partial charge in [-0.25, -0.2) is 0 Å². The fourth-order valence-corrected chi connectivity index (χ4v) is 4.23. The zero-order valence-electron chi connectivity index (χ0n) is 18.5. The van der Waals surface area contributed by atoms with Crippen LogP contribution in [0, 0.1) is 0 Å². The molecule has 0 spiro atoms. The molecule has 1 unspecified atom stereocenters. The number of benzene rings is 1. The first-order valence-corrected chi connectivity index (χ1v) is 12.8. The molecular weight excluding hydrogens is 402 g/mol. The fourth-order valence-electron chi connectivity index (χ4n) is 3.60. The number of phenols is 1. The van der Waals surface area contributed by atoms with Gasteiger partial charge in [-0.05, 0) is 43.7 Å². The normalized spacial score (nSPS) is 12.6. The third kappa shape index (κ3) is 10.4. The van der Waals surface area contributed by atoms with Crippen LogP contribution in [0.5, 0.6) is 5.75 Å². The Kier molecular flexibility index (Phi) is 12.7. The summed E-state index contributed by atoms with van der Waals surface area (Å²) in [5, 5.41) is 13.2. The number of aryl methyl sites for hydroxylation is 1. The second-order valence-corrected chi connectivity index (χ2v) is 9.42. The molecule has 0 aliphatic rings. The van der Waals surface area contributed by atoms with Gasteiger partial charge in [-0.15, -0.1) is 0 Å². The molecule has 1 atom stereocenters. The average Bonchev–Trinajstić information content (AvgIpc) is 2.69. The van der Waals surface area contributed by atoms with E-state index in [0.29, 0.717) is 24.4 Å². The Balaban J connectivity index is 2.16. The van der Waals surface area contributed by atoms with Gasteiger partial charge in [0.15, 0.2) is 0 Å². The third-order valence-corrected chi connectivity index (χ3v) is 6.36. The van der Waals surface area contributed by atoms with Crippen molar-refractivity contribution < 1.29 is 22.9 Å². The number of amides is 1. The standard InChI is InChI=1S/C23H39NO5S/c1-3-5-10-16-20(4-2)24-22(25)18-12-9-7-6-8-11-14-19-15-13-17-21(23(19)26)30(27,28)29/h13,15,17,20,26H,3-12,14,16,18H2,1-2H3,(H,24,25)(H,27,28,29). The lowest BCUT2D eigenvalue weighted by atomic mass is 10.0. The minimum atomic E-state index is -4.41. The molecule has 0 aliphatic heterocycles. The highest BCUT2D eigenvalue weighted by molar-refractivity contribution is 7.86. The number of para-hydroxylation sites is 1. The molecule has 0 bridgehead atoms. The van der Waals surface area contributed by atoms with Crippen molar-refractivity contribution >= 4 is 16.0 Å². The van der Waals surface area contributed by atoms with Crippen LogP contribution in [0.3, 0.4) is 0 Å². The van der Waals surface area contributed by atoms with Crippen LogP contribution < -0.4 is 5.32 Å². The summed E-state index contributed by atoms with van der Waals surface area (Å²) in [7, 11) is -4.41. The molecule has 172 valence electrons. The van der Waals surface area contributed by atoms with Crippen molar-refractivity contribution in [3.8, 4) is 5.75 Å². The summed E-state index contributed by atoms with van der Waals surface area (Å²) in [5.74, 6) is -0.196. The Hall–Kier alpha value is -1.60. The maximum Gasteiger partial charge on any atom is 0.298 e. The van der Waals surface area contributed by atoms with E-state index in [4.69, 9.17) is 4.55 Å². The molecule has 1 rings (SSSR count). The molecule has 6 nitrogen and oxygen atoms in total. The second-order valence-electron chi connectivity index (χ2n) is 8.03. The fraction of sp³-hybridized carbons (Fsp3) is 0.696. The van der Waals surface area contributed by atoms with Crippen LogP contribution in [-0.4, -0.2) is 30.0 Å². The van der Waals surface area contributed by atoms with Gasteiger partial charge < -0.3 is 10.4 Å². The smallest absolute Gasteiger partial charge is 0.298 e. The minimum absolute atomic E-state index is 0.160. The van der Waals surface area contributed by atoms with Gasteiger partial charge in [-0.3, -0.25) is 9.35 Å². The highest BCUT2D eigenvalue weighted by Crippen LogP contribution is 2.28. The summed E-state index contributed by atoms with van der Waals surface area (Å²) in [4.78, 5) is 11.6. The van der Waals surface area contributed by atoms with Crippen LogP contribution in [0.15, 0.2) is 23.1 Å². The predicted octanol–water partition coefficient (Wildman–Crippen LogP) is 5.39. The van der Waals surface area contributed by atoms with Crippen molar-refractivity contribution in [2.24, 2.45) is 0 Å². The van der Waals surface area contributed by atoms with Gasteiger partial charge in [-0.1, -0.05) is 70.9 Å². The Bertz CT molecular complexity index is 733. The van der Waals surface area contributed by atoms with E-state index < -0.39 is 15.0 Å². The lowest BCUT2D eigenvalue weighted by Gasteiger charge is -2.16. The monoisotopic (exact) mass is 441 g/mol. The molecule has 7 heteroatoms. The van der Waals surface area contributed by atoms with Gasteiger partial charge in [0.25, 0.3) is 10.1 Å². The van der Waals surface area contributed by atoms with Gasteiger partial charge in [0.1, 0.15) is 10.6 Å². The summed E-state index contributed by atoms with van der Waals surface area (Å²) >= 11 is 0. The molecule has 0 saturated heterocycles. The van der Waals surface area contributed by atoms with Crippen molar-refractivity contribution in [3.63, 3.8) is 0 Å². The number of aromatic hydroxyl groups is 1. The summed E-state index contributed by atoms with van der Waals surface area (Å²) in [6.45, 7) is 4.31. The average molecular weight is 442 g/mol. The summed E-state index contributed by atoms with van der Waals surface area (Å²) < 4.78 is 31.6. The van der Waals surface area contributed by atoms with Crippen LogP contribution in [0.25, 0.3) is 0 Å². The number of rotatable bonds is 16. The maximum absolute atomic E-state index is 12.1. The molecule has 0 heterocycles. The molecule has 0 fully saturated rings. The van der Waals surface area contributed by atoms with Crippen LogP contribution in [-0.2, 0) is 21.3 Å². The van der Waals surface area contributed by atoms with Crippen molar-refractivity contribution in [1.29, 1.82) is 0 Å². The SMILES string of the molecule is CCCCCC(CC)NC(=O)CCCCCCCCc1cccc(S(=O)(=O)O)c1O. The number of hydrogen-bond acceptors (Lipinski definition) is 4.